The lowest BCUT2D eigenvalue weighted by Crippen LogP contribution is -2.15. The number of carbonyl (C=O) groups is 3. The third-order valence-corrected chi connectivity index (χ3v) is 0.956. The van der Waals surface area contributed by atoms with Crippen LogP contribution in [0.25, 0.3) is 0 Å². The molecule has 0 unspecified atom stereocenters. The second kappa shape index (κ2) is 7.02. The van der Waals surface area contributed by atoms with Crippen molar-refractivity contribution in [3.63, 3.8) is 0 Å². The number of aldehydes is 1. The number of carbonyl (C=O) groups excluding carboxylic acids is 3. The van der Waals surface area contributed by atoms with Crippen molar-refractivity contribution >= 4 is 17.9 Å². The van der Waals surface area contributed by atoms with Crippen LogP contribution in [-0.4, -0.2) is 30.2 Å². The van der Waals surface area contributed by atoms with Gasteiger partial charge in [-0.1, -0.05) is 0 Å². The molecule has 0 aromatic heterocycles. The number of hydrogen-bond acceptors (Lipinski definition) is 3. The van der Waals surface area contributed by atoms with E-state index < -0.39 is 36.8 Å². The van der Waals surface area contributed by atoms with Gasteiger partial charge >= 0.3 is 12.4 Å². The van der Waals surface area contributed by atoms with E-state index in [9.17, 15) is 40.7 Å². The zero-order valence-electron chi connectivity index (χ0n) is 8.48. The molecule has 0 amide bonds. The first kappa shape index (κ1) is 18.0. The first-order valence-corrected chi connectivity index (χ1v) is 3.98. The average molecular weight is 266 g/mol. The molecule has 0 N–H and O–H groups in total. The fourth-order valence-corrected chi connectivity index (χ4v) is 0.522. The summed E-state index contributed by atoms with van der Waals surface area (Å²) < 4.78 is 66.6. The van der Waals surface area contributed by atoms with E-state index in [1.165, 1.54) is 0 Å². The first-order chi connectivity index (χ1) is 7.37. The Bertz CT molecular complexity index is 278. The summed E-state index contributed by atoms with van der Waals surface area (Å²) in [4.78, 5) is 28.8. The Balaban J connectivity index is 0. The van der Waals surface area contributed by atoms with Gasteiger partial charge in [-0.05, 0) is 6.92 Å². The number of hydrogen-bond donors (Lipinski definition) is 0. The molecule has 0 aliphatic rings. The number of rotatable bonds is 3. The van der Waals surface area contributed by atoms with E-state index in [-0.39, 0.29) is 6.29 Å². The van der Waals surface area contributed by atoms with E-state index >= 15 is 0 Å². The Labute approximate surface area is 91.8 Å². The van der Waals surface area contributed by atoms with Crippen LogP contribution >= 0.6 is 0 Å². The molecule has 0 spiro atoms. The molecule has 0 aliphatic heterocycles. The maximum atomic E-state index is 11.1. The second-order valence-corrected chi connectivity index (χ2v) is 2.87. The summed E-state index contributed by atoms with van der Waals surface area (Å²) in [5.41, 5.74) is 0. The standard InChI is InChI=1S/C4H3F3O2.C4H5F3O/c5-4(6,7)1-3(9)2-8;1-3(8)2-4(5,6)7/h2H,1H2;2H2,1H3. The van der Waals surface area contributed by atoms with Gasteiger partial charge in [-0.15, -0.1) is 0 Å². The molecule has 0 aromatic rings. The fourth-order valence-electron chi connectivity index (χ4n) is 0.522. The molecule has 0 fully saturated rings. The van der Waals surface area contributed by atoms with E-state index in [1.807, 2.05) is 0 Å². The highest BCUT2D eigenvalue weighted by atomic mass is 19.4. The van der Waals surface area contributed by atoms with Crippen LogP contribution < -0.4 is 0 Å². The predicted molar refractivity (Wildman–Crippen MR) is 43.1 cm³/mol. The van der Waals surface area contributed by atoms with Gasteiger partial charge in [0.1, 0.15) is 18.6 Å². The summed E-state index contributed by atoms with van der Waals surface area (Å²) >= 11 is 0. The van der Waals surface area contributed by atoms with Crippen LogP contribution in [0.2, 0.25) is 0 Å². The molecule has 0 rings (SSSR count). The molecule has 100 valence electrons. The molecule has 3 nitrogen and oxygen atoms in total. The van der Waals surface area contributed by atoms with Crippen molar-refractivity contribution in [1.82, 2.24) is 0 Å². The summed E-state index contributed by atoms with van der Waals surface area (Å²) in [5, 5.41) is 0. The Morgan fingerprint density at radius 2 is 1.29 bits per heavy atom. The molecule has 0 radical (unpaired) electrons. The molecule has 0 saturated heterocycles. The number of ketones is 2. The predicted octanol–water partition coefficient (Wildman–Crippen LogP) is 2.23. The van der Waals surface area contributed by atoms with Gasteiger partial charge in [0.2, 0.25) is 5.78 Å². The van der Waals surface area contributed by atoms with Gasteiger partial charge in [0.15, 0.2) is 6.29 Å². The minimum Gasteiger partial charge on any atom is -0.300 e. The Morgan fingerprint density at radius 1 is 0.941 bits per heavy atom. The highest BCUT2D eigenvalue weighted by Gasteiger charge is 2.30. The summed E-state index contributed by atoms with van der Waals surface area (Å²) in [7, 11) is 0. The minimum absolute atomic E-state index is 0.340. The maximum absolute atomic E-state index is 11.1. The van der Waals surface area contributed by atoms with E-state index in [0.29, 0.717) is 0 Å². The molecule has 9 heteroatoms. The van der Waals surface area contributed by atoms with E-state index in [1.54, 1.807) is 0 Å². The van der Waals surface area contributed by atoms with Gasteiger partial charge in [0.05, 0.1) is 0 Å². The van der Waals surface area contributed by atoms with Crippen LogP contribution in [0.3, 0.4) is 0 Å². The molecule has 0 aromatic carbocycles. The van der Waals surface area contributed by atoms with Crippen molar-refractivity contribution in [3.8, 4) is 0 Å². The monoisotopic (exact) mass is 266 g/mol. The van der Waals surface area contributed by atoms with E-state index in [0.717, 1.165) is 6.92 Å². The lowest BCUT2D eigenvalue weighted by Gasteiger charge is -1.99. The summed E-state index contributed by atoms with van der Waals surface area (Å²) in [6.07, 6.45) is -12.2. The van der Waals surface area contributed by atoms with Crippen LogP contribution in [0, 0.1) is 0 Å². The third-order valence-electron chi connectivity index (χ3n) is 0.956. The van der Waals surface area contributed by atoms with Crippen LogP contribution in [0.4, 0.5) is 26.3 Å². The highest BCUT2D eigenvalue weighted by Crippen LogP contribution is 2.19. The average Bonchev–Trinajstić information content (AvgIpc) is 1.96. The van der Waals surface area contributed by atoms with Crippen molar-refractivity contribution < 1.29 is 40.7 Å². The lowest BCUT2D eigenvalue weighted by atomic mass is 10.3. The molecule has 0 aliphatic carbocycles. The first-order valence-electron chi connectivity index (χ1n) is 3.98. The molecular formula is C8H8F6O3. The van der Waals surface area contributed by atoms with Crippen molar-refractivity contribution in [2.24, 2.45) is 0 Å². The van der Waals surface area contributed by atoms with Gasteiger partial charge in [0, 0.05) is 0 Å². The summed E-state index contributed by atoms with van der Waals surface area (Å²) in [6, 6.07) is 0. The van der Waals surface area contributed by atoms with Gasteiger partial charge in [0.25, 0.3) is 0 Å². The van der Waals surface area contributed by atoms with Crippen LogP contribution in [-0.2, 0) is 14.4 Å². The quantitative estimate of drug-likeness (QED) is 0.447. The maximum Gasteiger partial charge on any atom is 0.396 e. The van der Waals surface area contributed by atoms with Gasteiger partial charge in [-0.25, -0.2) is 0 Å². The van der Waals surface area contributed by atoms with Crippen LogP contribution in [0.1, 0.15) is 19.8 Å². The molecular weight excluding hydrogens is 258 g/mol. The van der Waals surface area contributed by atoms with Gasteiger partial charge in [-0.2, -0.15) is 26.3 Å². The Morgan fingerprint density at radius 3 is 1.35 bits per heavy atom. The van der Waals surface area contributed by atoms with Crippen LogP contribution in [0.15, 0.2) is 0 Å². The van der Waals surface area contributed by atoms with Gasteiger partial charge < -0.3 is 0 Å². The Hall–Kier alpha value is -1.41. The minimum atomic E-state index is -4.56. The van der Waals surface area contributed by atoms with Crippen molar-refractivity contribution in [2.45, 2.75) is 32.1 Å². The zero-order valence-corrected chi connectivity index (χ0v) is 8.48. The summed E-state index contributed by atoms with van der Waals surface area (Å²) in [5.74, 6) is -2.29. The van der Waals surface area contributed by atoms with Crippen molar-refractivity contribution in [3.05, 3.63) is 0 Å². The van der Waals surface area contributed by atoms with Crippen LogP contribution in [0.5, 0.6) is 0 Å². The lowest BCUT2D eigenvalue weighted by molar-refractivity contribution is -0.155. The van der Waals surface area contributed by atoms with Gasteiger partial charge in [-0.3, -0.25) is 14.4 Å². The molecule has 17 heavy (non-hydrogen) atoms. The number of halogens is 6. The number of Topliss-reactive ketones (excluding diaryl/α,β-unsaturated/α-hetero) is 2. The topological polar surface area (TPSA) is 51.2 Å². The molecule has 0 heterocycles. The van der Waals surface area contributed by atoms with Crippen molar-refractivity contribution in [1.29, 1.82) is 0 Å². The largest absolute Gasteiger partial charge is 0.396 e. The smallest absolute Gasteiger partial charge is 0.300 e. The third kappa shape index (κ3) is 20.6. The highest BCUT2D eigenvalue weighted by molar-refractivity contribution is 6.25. The molecule has 0 saturated carbocycles. The normalized spacial score (nSPS) is 11.2. The van der Waals surface area contributed by atoms with E-state index in [4.69, 9.17) is 0 Å². The molecule has 0 bridgehead atoms. The molecule has 0 atom stereocenters. The van der Waals surface area contributed by atoms with Crippen molar-refractivity contribution in [2.75, 3.05) is 0 Å². The number of alkyl halides is 6. The van der Waals surface area contributed by atoms with E-state index in [2.05, 4.69) is 0 Å². The fraction of sp³-hybridized carbons (Fsp3) is 0.625. The Kier molecular flexibility index (Phi) is 7.42. The zero-order chi connectivity index (χ0) is 14.3. The SMILES string of the molecule is CC(=O)CC(F)(F)F.O=CC(=O)CC(F)(F)F. The summed E-state index contributed by atoms with van der Waals surface area (Å²) in [6.45, 7) is 0.910. The second-order valence-electron chi connectivity index (χ2n) is 2.87.